The zero-order chi connectivity index (χ0) is 14.8. The molecule has 2 rings (SSSR count). The Bertz CT molecular complexity index is 533. The van der Waals surface area contributed by atoms with Gasteiger partial charge < -0.3 is 10.3 Å². The molecule has 6 heteroatoms. The van der Waals surface area contributed by atoms with E-state index in [4.69, 9.17) is 5.11 Å². The fourth-order valence-corrected chi connectivity index (χ4v) is 2.27. The van der Waals surface area contributed by atoms with Gasteiger partial charge in [-0.2, -0.15) is 0 Å². The predicted octanol–water partition coefficient (Wildman–Crippen LogP) is 1.75. The van der Waals surface area contributed by atoms with Crippen LogP contribution in [0.2, 0.25) is 0 Å². The van der Waals surface area contributed by atoms with Gasteiger partial charge in [0.15, 0.2) is 0 Å². The third kappa shape index (κ3) is 2.61. The molecule has 6 nitrogen and oxygen atoms in total. The number of carboxylic acids is 1. The summed E-state index contributed by atoms with van der Waals surface area (Å²) in [5, 5.41) is 20.9. The summed E-state index contributed by atoms with van der Waals surface area (Å²) in [5.74, 6) is -2.11. The van der Waals surface area contributed by atoms with Crippen LogP contribution in [-0.2, 0) is 20.8 Å². The van der Waals surface area contributed by atoms with Crippen LogP contribution in [0.1, 0.15) is 31.2 Å². The van der Waals surface area contributed by atoms with Crippen molar-refractivity contribution in [1.82, 2.24) is 4.65 Å². The van der Waals surface area contributed by atoms with E-state index >= 15 is 0 Å². The molecule has 0 unspecified atom stereocenters. The highest BCUT2D eigenvalue weighted by Gasteiger charge is 2.44. The van der Waals surface area contributed by atoms with E-state index in [1.165, 1.54) is 12.1 Å². The first kappa shape index (κ1) is 14.4. The Morgan fingerprint density at radius 2 is 1.70 bits per heavy atom. The number of carbonyl (C=O) groups is 3. The van der Waals surface area contributed by atoms with E-state index in [0.717, 1.165) is 5.56 Å². The Hall–Kier alpha value is -2.05. The van der Waals surface area contributed by atoms with Crippen molar-refractivity contribution >= 4 is 23.5 Å². The van der Waals surface area contributed by atoms with Crippen LogP contribution in [0.5, 0.6) is 0 Å². The van der Waals surface area contributed by atoms with Crippen LogP contribution in [-0.4, -0.2) is 22.9 Å². The van der Waals surface area contributed by atoms with Crippen LogP contribution < -0.4 is 4.65 Å². The van der Waals surface area contributed by atoms with E-state index in [0.29, 0.717) is 12.8 Å². The summed E-state index contributed by atoms with van der Waals surface area (Å²) in [6.07, 6.45) is 1.14. The van der Waals surface area contributed by atoms with E-state index in [1.807, 2.05) is 0 Å². The summed E-state index contributed by atoms with van der Waals surface area (Å²) in [6, 6.07) is 6.27. The average molecular weight is 277 g/mol. The lowest BCUT2D eigenvalue weighted by Crippen LogP contribution is -2.47. The number of aryl methyl sites for hydroxylation is 1. The van der Waals surface area contributed by atoms with Crippen molar-refractivity contribution in [2.24, 2.45) is 0 Å². The van der Waals surface area contributed by atoms with Crippen molar-refractivity contribution < 1.29 is 19.5 Å². The van der Waals surface area contributed by atoms with Gasteiger partial charge in [-0.25, -0.2) is 14.2 Å². The first-order valence-electron chi connectivity index (χ1n) is 6.42. The van der Waals surface area contributed by atoms with Crippen molar-refractivity contribution in [2.75, 3.05) is 0 Å². The number of rotatable bonds is 5. The van der Waals surface area contributed by atoms with Gasteiger partial charge in [0.1, 0.15) is 5.69 Å². The van der Waals surface area contributed by atoms with Gasteiger partial charge in [0.2, 0.25) is 0 Å². The second-order valence-corrected chi connectivity index (χ2v) is 4.81. The number of aliphatic carboxylic acids is 1. The number of nitrogens with zero attached hydrogens (tertiary/aromatic N) is 1. The molecule has 0 aliphatic carbocycles. The number of hydrogen-bond donors (Lipinski definition) is 1. The first-order chi connectivity index (χ1) is 9.44. The summed E-state index contributed by atoms with van der Waals surface area (Å²) < 4.78 is -1.50. The van der Waals surface area contributed by atoms with Crippen molar-refractivity contribution in [3.63, 3.8) is 0 Å². The summed E-state index contributed by atoms with van der Waals surface area (Å²) in [6.45, 7) is 0. The fraction of sp³-hybridized carbons (Fsp3) is 0.357. The van der Waals surface area contributed by atoms with Crippen molar-refractivity contribution in [2.45, 2.75) is 32.1 Å². The molecule has 1 saturated heterocycles. The number of benzene rings is 1. The predicted molar refractivity (Wildman–Crippen MR) is 71.4 cm³/mol. The van der Waals surface area contributed by atoms with Crippen LogP contribution in [0.4, 0.5) is 5.69 Å². The number of hydroxylamine groups is 2. The molecule has 0 saturated carbocycles. The monoisotopic (exact) mass is 277 g/mol. The Morgan fingerprint density at radius 1 is 1.15 bits per heavy atom. The maximum atomic E-state index is 12.3. The fourth-order valence-electron chi connectivity index (χ4n) is 2.27. The van der Waals surface area contributed by atoms with E-state index in [1.54, 1.807) is 12.1 Å². The molecule has 1 aromatic rings. The topological polar surface area (TPSA) is 94.5 Å². The van der Waals surface area contributed by atoms with Crippen molar-refractivity contribution in [3.8, 4) is 0 Å². The highest BCUT2D eigenvalue weighted by atomic mass is 16.6. The van der Waals surface area contributed by atoms with Crippen LogP contribution in [0.25, 0.3) is 0 Å². The Balaban J connectivity index is 2.10. The van der Waals surface area contributed by atoms with Gasteiger partial charge in [-0.1, -0.05) is 12.1 Å². The lowest BCUT2D eigenvalue weighted by Gasteiger charge is -2.31. The quantitative estimate of drug-likeness (QED) is 0.502. The Kier molecular flexibility index (Phi) is 3.96. The summed E-state index contributed by atoms with van der Waals surface area (Å²) in [5.41, 5.74) is 1.00. The van der Waals surface area contributed by atoms with E-state index < -0.39 is 22.4 Å². The molecule has 1 aliphatic heterocycles. The molecule has 1 heterocycles. The number of carboxylic acid groups (broad SMARTS) is 1. The van der Waals surface area contributed by atoms with Crippen molar-refractivity contribution in [1.29, 1.82) is 0 Å². The molecule has 0 aromatic heterocycles. The van der Waals surface area contributed by atoms with Gasteiger partial charge in [0.05, 0.1) is 12.8 Å². The van der Waals surface area contributed by atoms with E-state index in [-0.39, 0.29) is 24.9 Å². The minimum atomic E-state index is -1.50. The highest BCUT2D eigenvalue weighted by Crippen LogP contribution is 2.30. The van der Waals surface area contributed by atoms with Crippen LogP contribution >= 0.6 is 0 Å². The number of carbonyl (C=O) groups excluding carboxylic acids is 2. The van der Waals surface area contributed by atoms with Crippen LogP contribution in [0.3, 0.4) is 0 Å². The molecule has 0 atom stereocenters. The lowest BCUT2D eigenvalue weighted by atomic mass is 10.1. The third-order valence-corrected chi connectivity index (χ3v) is 3.41. The van der Waals surface area contributed by atoms with Gasteiger partial charge in [0, 0.05) is 18.6 Å². The molecule has 1 N–H and O–H groups in total. The Morgan fingerprint density at radius 3 is 2.20 bits per heavy atom. The maximum absolute atomic E-state index is 12.3. The summed E-state index contributed by atoms with van der Waals surface area (Å²) in [7, 11) is 0. The van der Waals surface area contributed by atoms with Crippen LogP contribution in [0.15, 0.2) is 24.3 Å². The third-order valence-electron chi connectivity index (χ3n) is 3.41. The molecule has 0 radical (unpaired) electrons. The van der Waals surface area contributed by atoms with Gasteiger partial charge in [-0.3, -0.25) is 4.79 Å². The lowest BCUT2D eigenvalue weighted by molar-refractivity contribution is -0.137. The van der Waals surface area contributed by atoms with Crippen molar-refractivity contribution in [3.05, 3.63) is 35.0 Å². The molecule has 0 bridgehead atoms. The smallest absolute Gasteiger partial charge is 0.326 e. The molecule has 1 aliphatic rings. The molecule has 2 amide bonds. The van der Waals surface area contributed by atoms with Gasteiger partial charge in [0.25, 0.3) is 0 Å². The zero-order valence-corrected chi connectivity index (χ0v) is 10.9. The largest absolute Gasteiger partial charge is 0.612 e. The molecular formula is C14H15NO5. The highest BCUT2D eigenvalue weighted by molar-refractivity contribution is 6.14. The Labute approximate surface area is 115 Å². The summed E-state index contributed by atoms with van der Waals surface area (Å²) in [4.78, 5) is 33.6. The molecule has 1 fully saturated rings. The second kappa shape index (κ2) is 5.52. The molecule has 106 valence electrons. The molecule has 0 spiro atoms. The van der Waals surface area contributed by atoms with Gasteiger partial charge in [-0.05, 0) is 18.4 Å². The minimum absolute atomic E-state index is 0.0112. The standard InChI is InChI=1S/C14H15NO5/c16-12-8-9-13(17)15(12,20)11-6-4-10(5-7-11)2-1-3-14(18)19/h4-7H,1-3,8-9H2,(H,18,19). The van der Waals surface area contributed by atoms with Crippen LogP contribution in [0, 0.1) is 5.21 Å². The van der Waals surface area contributed by atoms with Gasteiger partial charge in [-0.15, -0.1) is 0 Å². The minimum Gasteiger partial charge on any atom is -0.612 e. The van der Waals surface area contributed by atoms with E-state index in [9.17, 15) is 19.6 Å². The SMILES string of the molecule is O=C(O)CCCc1ccc([N+]2([O-])C(=O)CCC2=O)cc1. The normalized spacial score (nSPS) is 17.4. The average Bonchev–Trinajstić information content (AvgIpc) is 2.68. The maximum Gasteiger partial charge on any atom is 0.326 e. The first-order valence-corrected chi connectivity index (χ1v) is 6.42. The second-order valence-electron chi connectivity index (χ2n) is 4.81. The molecule has 20 heavy (non-hydrogen) atoms. The number of quaternary nitrogens is 1. The molecule has 1 aromatic carbocycles. The summed E-state index contributed by atoms with van der Waals surface area (Å²) >= 11 is 0. The number of amides is 2. The zero-order valence-electron chi connectivity index (χ0n) is 10.9. The number of imide groups is 1. The van der Waals surface area contributed by atoms with E-state index in [2.05, 4.69) is 0 Å². The van der Waals surface area contributed by atoms with Gasteiger partial charge >= 0.3 is 17.8 Å². The molecular weight excluding hydrogens is 262 g/mol. The number of hydrogen-bond acceptors (Lipinski definition) is 4.